The number of urea groups is 1. The van der Waals surface area contributed by atoms with Crippen LogP contribution in [-0.2, 0) is 0 Å². The molecule has 31 heavy (non-hydrogen) atoms. The number of aromatic nitrogens is 4. The lowest BCUT2D eigenvalue weighted by molar-refractivity contribution is 0.252. The molecule has 0 aliphatic rings. The number of hydrogen-bond acceptors (Lipinski definition) is 6. The lowest BCUT2D eigenvalue weighted by Crippen LogP contribution is -2.28. The monoisotopic (exact) mass is 420 g/mol. The molecule has 0 saturated carbocycles. The third kappa shape index (κ3) is 3.95. The number of nitrogens with zero attached hydrogens (tertiary/aromatic N) is 3. The fourth-order valence-corrected chi connectivity index (χ4v) is 3.27. The van der Waals surface area contributed by atoms with E-state index in [1.54, 1.807) is 25.4 Å². The molecule has 4 aromatic rings. The minimum Gasteiger partial charge on any atom is -0.396 e. The topological polar surface area (TPSA) is 134 Å². The van der Waals surface area contributed by atoms with Crippen molar-refractivity contribution >= 4 is 34.5 Å². The number of halogens is 1. The van der Waals surface area contributed by atoms with Crippen LogP contribution in [0.15, 0.2) is 42.7 Å². The first kappa shape index (κ1) is 20.1. The molecule has 0 fully saturated rings. The third-order valence-corrected chi connectivity index (χ3v) is 4.66. The highest BCUT2D eigenvalue weighted by molar-refractivity contribution is 5.98. The van der Waals surface area contributed by atoms with Gasteiger partial charge in [-0.05, 0) is 42.8 Å². The number of pyridine rings is 2. The largest absolute Gasteiger partial charge is 0.396 e. The number of H-pyrrole nitrogens is 1. The van der Waals surface area contributed by atoms with E-state index in [0.717, 1.165) is 11.1 Å². The summed E-state index contributed by atoms with van der Waals surface area (Å²) in [6, 6.07) is 7.85. The van der Waals surface area contributed by atoms with E-state index < -0.39 is 11.8 Å². The number of aromatic amines is 1. The predicted octanol–water partition coefficient (Wildman–Crippen LogP) is 3.59. The van der Waals surface area contributed by atoms with Crippen molar-refractivity contribution in [3.8, 4) is 22.4 Å². The Morgan fingerprint density at radius 1 is 1.23 bits per heavy atom. The molecule has 4 rings (SSSR count). The van der Waals surface area contributed by atoms with Crippen LogP contribution < -0.4 is 21.7 Å². The molecule has 2 amide bonds. The average Bonchev–Trinajstić information content (AvgIpc) is 3.15. The standard InChI is InChI=1S/C21H21FN8O/c1-3-25-21(31)30-20-28-16-9-11(12-8-15(23)19(24-2)27-10-12)7-13(18(16)29-20)17-14(22)5-4-6-26-17/h4-10H,3,23H2,1-2H3,(H,24,27)(H3,25,28,29,30,31). The Morgan fingerprint density at radius 2 is 2.06 bits per heavy atom. The van der Waals surface area contributed by atoms with E-state index in [4.69, 9.17) is 5.73 Å². The number of nitrogens with two attached hydrogens (primary N) is 1. The van der Waals surface area contributed by atoms with Gasteiger partial charge in [0.1, 0.15) is 17.3 Å². The highest BCUT2D eigenvalue weighted by atomic mass is 19.1. The number of amides is 2. The van der Waals surface area contributed by atoms with Crippen LogP contribution in [0.2, 0.25) is 0 Å². The molecule has 0 atom stereocenters. The van der Waals surface area contributed by atoms with E-state index in [1.165, 1.54) is 18.3 Å². The van der Waals surface area contributed by atoms with E-state index in [1.807, 2.05) is 13.0 Å². The van der Waals surface area contributed by atoms with Crippen LogP contribution >= 0.6 is 0 Å². The Balaban J connectivity index is 1.89. The summed E-state index contributed by atoms with van der Waals surface area (Å²) >= 11 is 0. The van der Waals surface area contributed by atoms with E-state index in [2.05, 4.69) is 35.9 Å². The number of nitrogens with one attached hydrogen (secondary N) is 4. The normalized spacial score (nSPS) is 10.8. The number of fused-ring (bicyclic) bond motifs is 1. The molecule has 0 saturated heterocycles. The first-order valence-electron chi connectivity index (χ1n) is 9.63. The first-order chi connectivity index (χ1) is 15.0. The van der Waals surface area contributed by atoms with Gasteiger partial charge in [0.15, 0.2) is 0 Å². The van der Waals surface area contributed by atoms with Gasteiger partial charge >= 0.3 is 6.03 Å². The molecule has 9 nitrogen and oxygen atoms in total. The van der Waals surface area contributed by atoms with Crippen LogP contribution in [0.4, 0.5) is 26.6 Å². The minimum atomic E-state index is -0.475. The zero-order valence-corrected chi connectivity index (χ0v) is 17.0. The maximum Gasteiger partial charge on any atom is 0.321 e. The van der Waals surface area contributed by atoms with Gasteiger partial charge in [0.25, 0.3) is 0 Å². The molecule has 0 aliphatic heterocycles. The molecule has 0 spiro atoms. The van der Waals surface area contributed by atoms with E-state index >= 15 is 0 Å². The van der Waals surface area contributed by atoms with Gasteiger partial charge in [-0.25, -0.2) is 19.2 Å². The molecular weight excluding hydrogens is 399 g/mol. The fraction of sp³-hybridized carbons (Fsp3) is 0.143. The lowest BCUT2D eigenvalue weighted by atomic mass is 10.0. The molecule has 1 aromatic carbocycles. The van der Waals surface area contributed by atoms with Crippen molar-refractivity contribution < 1.29 is 9.18 Å². The fourth-order valence-electron chi connectivity index (χ4n) is 3.27. The van der Waals surface area contributed by atoms with Crippen LogP contribution in [0.5, 0.6) is 0 Å². The predicted molar refractivity (Wildman–Crippen MR) is 119 cm³/mol. The maximum atomic E-state index is 14.6. The Labute approximate surface area is 177 Å². The van der Waals surface area contributed by atoms with Crippen LogP contribution in [0.25, 0.3) is 33.4 Å². The van der Waals surface area contributed by atoms with Crippen LogP contribution in [0.1, 0.15) is 6.92 Å². The van der Waals surface area contributed by atoms with Crippen molar-refractivity contribution in [2.75, 3.05) is 30.0 Å². The summed E-state index contributed by atoms with van der Waals surface area (Å²) in [7, 11) is 1.74. The number of imidazole rings is 1. The molecule has 10 heteroatoms. The summed E-state index contributed by atoms with van der Waals surface area (Å²) in [5, 5.41) is 8.20. The van der Waals surface area contributed by atoms with Crippen LogP contribution in [-0.4, -0.2) is 39.6 Å². The lowest BCUT2D eigenvalue weighted by Gasteiger charge is -2.10. The van der Waals surface area contributed by atoms with Gasteiger partial charge in [-0.15, -0.1) is 0 Å². The Hall–Kier alpha value is -4.21. The molecule has 0 aliphatic carbocycles. The highest BCUT2D eigenvalue weighted by Gasteiger charge is 2.17. The summed E-state index contributed by atoms with van der Waals surface area (Å²) in [6.07, 6.45) is 3.19. The van der Waals surface area contributed by atoms with E-state index in [0.29, 0.717) is 34.6 Å². The number of rotatable bonds is 5. The molecule has 3 aromatic heterocycles. The van der Waals surface area contributed by atoms with E-state index in [9.17, 15) is 9.18 Å². The quantitative estimate of drug-likeness (QED) is 0.335. The zero-order valence-electron chi connectivity index (χ0n) is 17.0. The summed E-state index contributed by atoms with van der Waals surface area (Å²) in [6.45, 7) is 2.28. The van der Waals surface area contributed by atoms with Crippen molar-refractivity contribution in [2.24, 2.45) is 0 Å². The summed E-state index contributed by atoms with van der Waals surface area (Å²) in [4.78, 5) is 27.9. The minimum absolute atomic E-state index is 0.162. The van der Waals surface area contributed by atoms with Crippen molar-refractivity contribution in [1.29, 1.82) is 0 Å². The van der Waals surface area contributed by atoms with Crippen molar-refractivity contribution in [1.82, 2.24) is 25.3 Å². The Morgan fingerprint density at radius 3 is 2.77 bits per heavy atom. The maximum absolute atomic E-state index is 14.6. The SMILES string of the molecule is CCNC(=O)Nc1nc2cc(-c3cnc(NC)c(N)c3)cc(-c3ncccc3F)c2[nH]1. The number of nitrogen functional groups attached to an aromatic ring is 1. The second kappa shape index (κ2) is 8.27. The molecule has 0 radical (unpaired) electrons. The summed E-state index contributed by atoms with van der Waals surface area (Å²) < 4.78 is 14.6. The molecule has 158 valence electrons. The van der Waals surface area contributed by atoms with Crippen molar-refractivity contribution in [3.05, 3.63) is 48.5 Å². The molecular formula is C21H21FN8O. The third-order valence-electron chi connectivity index (χ3n) is 4.66. The number of hydrogen-bond donors (Lipinski definition) is 5. The van der Waals surface area contributed by atoms with Gasteiger partial charge in [0, 0.05) is 37.1 Å². The molecule has 3 heterocycles. The smallest absolute Gasteiger partial charge is 0.321 e. The summed E-state index contributed by atoms with van der Waals surface area (Å²) in [5.41, 5.74) is 9.74. The van der Waals surface area contributed by atoms with Gasteiger partial charge < -0.3 is 21.4 Å². The second-order valence-corrected chi connectivity index (χ2v) is 6.73. The van der Waals surface area contributed by atoms with Crippen molar-refractivity contribution in [2.45, 2.75) is 6.92 Å². The van der Waals surface area contributed by atoms with Gasteiger partial charge in [0.05, 0.1) is 16.7 Å². The highest BCUT2D eigenvalue weighted by Crippen LogP contribution is 2.35. The van der Waals surface area contributed by atoms with Gasteiger partial charge in [-0.1, -0.05) is 0 Å². The zero-order chi connectivity index (χ0) is 22.0. The van der Waals surface area contributed by atoms with E-state index in [-0.39, 0.29) is 11.6 Å². The second-order valence-electron chi connectivity index (χ2n) is 6.73. The molecule has 6 N–H and O–H groups in total. The van der Waals surface area contributed by atoms with Crippen molar-refractivity contribution in [3.63, 3.8) is 0 Å². The Bertz CT molecular complexity index is 1270. The first-order valence-corrected chi connectivity index (χ1v) is 9.63. The molecule has 0 unspecified atom stereocenters. The van der Waals surface area contributed by atoms with Gasteiger partial charge in [-0.3, -0.25) is 10.3 Å². The number of anilines is 3. The van der Waals surface area contributed by atoms with Crippen LogP contribution in [0.3, 0.4) is 0 Å². The average molecular weight is 420 g/mol. The molecule has 0 bridgehead atoms. The van der Waals surface area contributed by atoms with Crippen LogP contribution in [0, 0.1) is 5.82 Å². The van der Waals surface area contributed by atoms with Gasteiger partial charge in [-0.2, -0.15) is 0 Å². The number of carbonyl (C=O) groups is 1. The van der Waals surface area contributed by atoms with Gasteiger partial charge in [0.2, 0.25) is 5.95 Å². The number of carbonyl (C=O) groups excluding carboxylic acids is 1. The summed E-state index contributed by atoms with van der Waals surface area (Å²) in [5.74, 6) is 0.324. The number of benzene rings is 1. The Kier molecular flexibility index (Phi) is 5.35.